The van der Waals surface area contributed by atoms with E-state index in [1.165, 1.54) is 24.9 Å². The SMILES string of the molecule is O=CCC#Cc1cccc(N2CCCCC2)c1. The molecule has 1 aliphatic rings. The second-order valence-electron chi connectivity index (χ2n) is 4.27. The summed E-state index contributed by atoms with van der Waals surface area (Å²) in [4.78, 5) is 12.6. The van der Waals surface area contributed by atoms with Gasteiger partial charge >= 0.3 is 0 Å². The van der Waals surface area contributed by atoms with Gasteiger partial charge in [0.25, 0.3) is 0 Å². The number of benzene rings is 1. The van der Waals surface area contributed by atoms with Crippen LogP contribution in [0.3, 0.4) is 0 Å². The summed E-state index contributed by atoms with van der Waals surface area (Å²) in [6, 6.07) is 8.28. The van der Waals surface area contributed by atoms with Gasteiger partial charge < -0.3 is 9.69 Å². The van der Waals surface area contributed by atoms with Gasteiger partial charge in [-0.2, -0.15) is 0 Å². The summed E-state index contributed by atoms with van der Waals surface area (Å²) in [5.74, 6) is 5.86. The average molecular weight is 227 g/mol. The van der Waals surface area contributed by atoms with Crippen LogP contribution in [0.25, 0.3) is 0 Å². The Labute approximate surface area is 103 Å². The minimum Gasteiger partial charge on any atom is -0.372 e. The molecule has 2 nitrogen and oxygen atoms in total. The molecule has 17 heavy (non-hydrogen) atoms. The number of nitrogens with zero attached hydrogens (tertiary/aromatic N) is 1. The molecule has 0 aliphatic carbocycles. The zero-order valence-electron chi connectivity index (χ0n) is 9.98. The Morgan fingerprint density at radius 3 is 2.82 bits per heavy atom. The van der Waals surface area contributed by atoms with Crippen LogP contribution in [0, 0.1) is 11.8 Å². The number of anilines is 1. The maximum atomic E-state index is 10.2. The summed E-state index contributed by atoms with van der Waals surface area (Å²) in [5.41, 5.74) is 2.25. The Hall–Kier alpha value is -1.75. The minimum absolute atomic E-state index is 0.313. The molecule has 0 saturated carbocycles. The zero-order valence-corrected chi connectivity index (χ0v) is 9.98. The van der Waals surface area contributed by atoms with Crippen molar-refractivity contribution >= 4 is 12.0 Å². The second-order valence-corrected chi connectivity index (χ2v) is 4.27. The van der Waals surface area contributed by atoms with Gasteiger partial charge in [-0.15, -0.1) is 0 Å². The fourth-order valence-electron chi connectivity index (χ4n) is 2.13. The molecule has 0 atom stereocenters. The van der Waals surface area contributed by atoms with Gasteiger partial charge in [0.2, 0.25) is 0 Å². The smallest absolute Gasteiger partial charge is 0.131 e. The van der Waals surface area contributed by atoms with Crippen LogP contribution in [0.15, 0.2) is 24.3 Å². The summed E-state index contributed by atoms with van der Waals surface area (Å²) in [6.45, 7) is 2.29. The van der Waals surface area contributed by atoms with Crippen molar-refractivity contribution in [2.24, 2.45) is 0 Å². The van der Waals surface area contributed by atoms with Crippen LogP contribution in [0.1, 0.15) is 31.2 Å². The molecular formula is C15H17NO. The van der Waals surface area contributed by atoms with Crippen molar-refractivity contribution in [3.63, 3.8) is 0 Å². The van der Waals surface area contributed by atoms with Crippen LogP contribution in [0.4, 0.5) is 5.69 Å². The highest BCUT2D eigenvalue weighted by Gasteiger charge is 2.10. The topological polar surface area (TPSA) is 20.3 Å². The molecule has 2 rings (SSSR count). The van der Waals surface area contributed by atoms with Crippen LogP contribution in [-0.2, 0) is 4.79 Å². The van der Waals surface area contributed by atoms with E-state index in [1.54, 1.807) is 0 Å². The number of aldehydes is 1. The lowest BCUT2D eigenvalue weighted by Crippen LogP contribution is -2.29. The molecule has 0 aromatic heterocycles. The Morgan fingerprint density at radius 1 is 1.24 bits per heavy atom. The van der Waals surface area contributed by atoms with Gasteiger partial charge in [-0.25, -0.2) is 0 Å². The molecular weight excluding hydrogens is 210 g/mol. The molecule has 0 spiro atoms. The minimum atomic E-state index is 0.313. The molecule has 0 amide bonds. The highest BCUT2D eigenvalue weighted by atomic mass is 16.1. The van der Waals surface area contributed by atoms with Gasteiger partial charge in [-0.3, -0.25) is 0 Å². The average Bonchev–Trinajstić information content (AvgIpc) is 2.41. The molecule has 0 N–H and O–H groups in total. The molecule has 88 valence electrons. The first-order valence-electron chi connectivity index (χ1n) is 6.17. The highest BCUT2D eigenvalue weighted by molar-refractivity contribution is 5.56. The van der Waals surface area contributed by atoms with E-state index in [9.17, 15) is 4.79 Å². The third-order valence-electron chi connectivity index (χ3n) is 2.99. The van der Waals surface area contributed by atoms with E-state index >= 15 is 0 Å². The first-order chi connectivity index (χ1) is 8.40. The number of hydrogen-bond donors (Lipinski definition) is 0. The number of rotatable bonds is 2. The summed E-state index contributed by atoms with van der Waals surface area (Å²) in [6.07, 6.45) is 5.05. The predicted molar refractivity (Wildman–Crippen MR) is 70.1 cm³/mol. The molecule has 0 unspecified atom stereocenters. The van der Waals surface area contributed by atoms with E-state index in [0.717, 1.165) is 24.9 Å². The highest BCUT2D eigenvalue weighted by Crippen LogP contribution is 2.20. The van der Waals surface area contributed by atoms with Crippen molar-refractivity contribution in [3.05, 3.63) is 29.8 Å². The van der Waals surface area contributed by atoms with Crippen LogP contribution < -0.4 is 4.90 Å². The summed E-state index contributed by atoms with van der Waals surface area (Å²) >= 11 is 0. The molecule has 0 radical (unpaired) electrons. The Balaban J connectivity index is 2.10. The van der Waals surface area contributed by atoms with E-state index in [1.807, 2.05) is 12.1 Å². The Bertz CT molecular complexity index is 436. The van der Waals surface area contributed by atoms with E-state index in [0.29, 0.717) is 6.42 Å². The van der Waals surface area contributed by atoms with Gasteiger partial charge in [0, 0.05) is 24.3 Å². The van der Waals surface area contributed by atoms with Crippen molar-refractivity contribution in [1.82, 2.24) is 0 Å². The third-order valence-corrected chi connectivity index (χ3v) is 2.99. The van der Waals surface area contributed by atoms with Gasteiger partial charge in [-0.05, 0) is 37.5 Å². The summed E-state index contributed by atoms with van der Waals surface area (Å²) in [5, 5.41) is 0. The van der Waals surface area contributed by atoms with Crippen LogP contribution in [0.5, 0.6) is 0 Å². The van der Waals surface area contributed by atoms with Gasteiger partial charge in [-0.1, -0.05) is 17.9 Å². The van der Waals surface area contributed by atoms with Gasteiger partial charge in [0.15, 0.2) is 0 Å². The first kappa shape index (κ1) is 11.7. The van der Waals surface area contributed by atoms with Gasteiger partial charge in [0.05, 0.1) is 6.42 Å². The number of carbonyl (C=O) groups excluding carboxylic acids is 1. The summed E-state index contributed by atoms with van der Waals surface area (Å²) in [7, 11) is 0. The van der Waals surface area contributed by atoms with Gasteiger partial charge in [0.1, 0.15) is 6.29 Å². The van der Waals surface area contributed by atoms with Crippen molar-refractivity contribution in [2.45, 2.75) is 25.7 Å². The largest absolute Gasteiger partial charge is 0.372 e. The predicted octanol–water partition coefficient (Wildman–Crippen LogP) is 2.62. The van der Waals surface area contributed by atoms with Crippen LogP contribution in [0.2, 0.25) is 0 Å². The maximum Gasteiger partial charge on any atom is 0.131 e. The fourth-order valence-corrected chi connectivity index (χ4v) is 2.13. The van der Waals surface area contributed by atoms with Crippen molar-refractivity contribution in [1.29, 1.82) is 0 Å². The van der Waals surface area contributed by atoms with Crippen LogP contribution in [-0.4, -0.2) is 19.4 Å². The fraction of sp³-hybridized carbons (Fsp3) is 0.400. The third kappa shape index (κ3) is 3.35. The normalized spacial score (nSPS) is 14.9. The monoisotopic (exact) mass is 227 g/mol. The standard InChI is InChI=1S/C15H17NO/c17-12-5-2-7-14-8-6-9-15(13-14)16-10-3-1-4-11-16/h6,8-9,12-13H,1,3-5,10-11H2. The Kier molecular flexibility index (Phi) is 4.21. The second kappa shape index (κ2) is 6.10. The van der Waals surface area contributed by atoms with E-state index in [2.05, 4.69) is 28.9 Å². The lowest BCUT2D eigenvalue weighted by atomic mass is 10.1. The van der Waals surface area contributed by atoms with E-state index in [-0.39, 0.29) is 0 Å². The lowest BCUT2D eigenvalue weighted by Gasteiger charge is -2.28. The molecule has 1 fully saturated rings. The first-order valence-corrected chi connectivity index (χ1v) is 6.17. The quantitative estimate of drug-likeness (QED) is 0.572. The molecule has 2 heteroatoms. The Morgan fingerprint density at radius 2 is 2.06 bits per heavy atom. The number of piperidine rings is 1. The molecule has 1 aliphatic heterocycles. The number of carbonyl (C=O) groups is 1. The molecule has 0 bridgehead atoms. The van der Waals surface area contributed by atoms with Crippen molar-refractivity contribution in [3.8, 4) is 11.8 Å². The van der Waals surface area contributed by atoms with E-state index < -0.39 is 0 Å². The van der Waals surface area contributed by atoms with Crippen molar-refractivity contribution < 1.29 is 4.79 Å². The zero-order chi connectivity index (χ0) is 11.9. The molecule has 1 aromatic rings. The summed E-state index contributed by atoms with van der Waals surface area (Å²) < 4.78 is 0. The van der Waals surface area contributed by atoms with Crippen molar-refractivity contribution in [2.75, 3.05) is 18.0 Å². The lowest BCUT2D eigenvalue weighted by molar-refractivity contribution is -0.107. The van der Waals surface area contributed by atoms with Crippen LogP contribution >= 0.6 is 0 Å². The molecule has 1 saturated heterocycles. The number of hydrogen-bond acceptors (Lipinski definition) is 2. The molecule has 1 aromatic carbocycles. The van der Waals surface area contributed by atoms with E-state index in [4.69, 9.17) is 0 Å². The maximum absolute atomic E-state index is 10.2. The molecule has 1 heterocycles.